The van der Waals surface area contributed by atoms with Crippen molar-refractivity contribution in [3.05, 3.63) is 29.0 Å². The molecule has 0 aliphatic heterocycles. The van der Waals surface area contributed by atoms with Crippen LogP contribution >= 0.6 is 11.6 Å². The van der Waals surface area contributed by atoms with E-state index in [2.05, 4.69) is 4.98 Å². The molecule has 1 amide bonds. The highest BCUT2D eigenvalue weighted by Crippen LogP contribution is 2.10. The fourth-order valence-corrected chi connectivity index (χ4v) is 1.61. The lowest BCUT2D eigenvalue weighted by Crippen LogP contribution is -2.36. The molecule has 0 saturated carbocycles. The number of amides is 1. The molecule has 1 rings (SSSR count). The van der Waals surface area contributed by atoms with E-state index < -0.39 is 0 Å². The molecule has 0 aliphatic carbocycles. The first-order valence-electron chi connectivity index (χ1n) is 5.57. The van der Waals surface area contributed by atoms with Crippen LogP contribution in [0.25, 0.3) is 0 Å². The van der Waals surface area contributed by atoms with E-state index in [1.807, 2.05) is 0 Å². The Labute approximate surface area is 112 Å². The summed E-state index contributed by atoms with van der Waals surface area (Å²) in [6.45, 7) is 1.99. The average molecular weight is 273 g/mol. The topological polar surface area (TPSA) is 51.7 Å². The van der Waals surface area contributed by atoms with Crippen LogP contribution in [0.4, 0.5) is 0 Å². The third kappa shape index (κ3) is 4.60. The van der Waals surface area contributed by atoms with Crippen molar-refractivity contribution in [1.82, 2.24) is 9.88 Å². The summed E-state index contributed by atoms with van der Waals surface area (Å²) in [7, 11) is 3.20. The number of aromatic nitrogens is 1. The maximum Gasteiger partial charge on any atom is 0.254 e. The van der Waals surface area contributed by atoms with Crippen LogP contribution < -0.4 is 0 Å². The lowest BCUT2D eigenvalue weighted by Gasteiger charge is -2.22. The molecule has 100 valence electrons. The Morgan fingerprint density at radius 3 is 2.44 bits per heavy atom. The van der Waals surface area contributed by atoms with Gasteiger partial charge in [0.2, 0.25) is 0 Å². The number of pyridine rings is 1. The summed E-state index contributed by atoms with van der Waals surface area (Å²) in [5, 5.41) is 0.305. The maximum absolute atomic E-state index is 12.2. The molecule has 0 fully saturated rings. The van der Waals surface area contributed by atoms with Gasteiger partial charge in [0, 0.05) is 39.1 Å². The molecule has 0 bridgehead atoms. The van der Waals surface area contributed by atoms with Gasteiger partial charge in [-0.2, -0.15) is 0 Å². The maximum atomic E-state index is 12.2. The van der Waals surface area contributed by atoms with Crippen LogP contribution in [-0.2, 0) is 9.47 Å². The SMILES string of the molecule is COCCN(CCOC)C(=O)c1ccnc(Cl)c1. The first-order valence-corrected chi connectivity index (χ1v) is 5.95. The summed E-state index contributed by atoms with van der Waals surface area (Å²) in [4.78, 5) is 17.8. The van der Waals surface area contributed by atoms with Crippen molar-refractivity contribution in [2.45, 2.75) is 0 Å². The van der Waals surface area contributed by atoms with E-state index in [0.29, 0.717) is 37.0 Å². The molecule has 0 aliphatic rings. The predicted molar refractivity (Wildman–Crippen MR) is 68.9 cm³/mol. The van der Waals surface area contributed by atoms with Gasteiger partial charge in [-0.1, -0.05) is 11.6 Å². The zero-order valence-electron chi connectivity index (χ0n) is 10.6. The van der Waals surface area contributed by atoms with E-state index >= 15 is 0 Å². The average Bonchev–Trinajstić information content (AvgIpc) is 2.38. The first-order chi connectivity index (χ1) is 8.69. The van der Waals surface area contributed by atoms with Gasteiger partial charge in [0.15, 0.2) is 0 Å². The molecule has 5 nitrogen and oxygen atoms in total. The Kier molecular flexibility index (Phi) is 6.64. The van der Waals surface area contributed by atoms with Gasteiger partial charge >= 0.3 is 0 Å². The van der Waals surface area contributed by atoms with Crippen molar-refractivity contribution in [1.29, 1.82) is 0 Å². The van der Waals surface area contributed by atoms with E-state index in [9.17, 15) is 4.79 Å². The predicted octanol–water partition coefficient (Wildman–Crippen LogP) is 1.47. The van der Waals surface area contributed by atoms with Crippen molar-refractivity contribution >= 4 is 17.5 Å². The minimum absolute atomic E-state index is 0.103. The quantitative estimate of drug-likeness (QED) is 0.706. The molecule has 0 atom stereocenters. The van der Waals surface area contributed by atoms with Crippen molar-refractivity contribution < 1.29 is 14.3 Å². The van der Waals surface area contributed by atoms with Crippen LogP contribution in [0.3, 0.4) is 0 Å². The van der Waals surface area contributed by atoms with Crippen LogP contribution in [0.5, 0.6) is 0 Å². The molecule has 0 N–H and O–H groups in total. The van der Waals surface area contributed by atoms with Gasteiger partial charge in [-0.05, 0) is 12.1 Å². The van der Waals surface area contributed by atoms with Gasteiger partial charge in [-0.3, -0.25) is 4.79 Å². The molecule has 1 aromatic heterocycles. The van der Waals surface area contributed by atoms with Crippen molar-refractivity contribution in [3.8, 4) is 0 Å². The third-order valence-corrected chi connectivity index (χ3v) is 2.60. The Morgan fingerprint density at radius 2 is 1.94 bits per heavy atom. The van der Waals surface area contributed by atoms with Crippen molar-refractivity contribution in [2.24, 2.45) is 0 Å². The number of carbonyl (C=O) groups is 1. The number of hydrogen-bond acceptors (Lipinski definition) is 4. The lowest BCUT2D eigenvalue weighted by molar-refractivity contribution is 0.0627. The molecule has 0 radical (unpaired) electrons. The minimum atomic E-state index is -0.103. The molecule has 0 unspecified atom stereocenters. The zero-order chi connectivity index (χ0) is 13.4. The molecule has 6 heteroatoms. The van der Waals surface area contributed by atoms with Crippen LogP contribution in [0.1, 0.15) is 10.4 Å². The highest BCUT2D eigenvalue weighted by atomic mass is 35.5. The summed E-state index contributed by atoms with van der Waals surface area (Å²) in [5.74, 6) is -0.103. The second kappa shape index (κ2) is 8.02. The van der Waals surface area contributed by atoms with Gasteiger partial charge < -0.3 is 14.4 Å². The molecule has 1 aromatic rings. The van der Waals surface area contributed by atoms with Crippen LogP contribution in [0.15, 0.2) is 18.3 Å². The van der Waals surface area contributed by atoms with E-state index in [1.54, 1.807) is 31.3 Å². The number of hydrogen-bond donors (Lipinski definition) is 0. The third-order valence-electron chi connectivity index (χ3n) is 2.39. The summed E-state index contributed by atoms with van der Waals surface area (Å²) in [6.07, 6.45) is 1.51. The highest BCUT2D eigenvalue weighted by molar-refractivity contribution is 6.29. The Hall–Kier alpha value is -1.17. The fraction of sp³-hybridized carbons (Fsp3) is 0.500. The number of ether oxygens (including phenoxy) is 2. The summed E-state index contributed by atoms with van der Waals surface area (Å²) in [6, 6.07) is 3.19. The fourth-order valence-electron chi connectivity index (χ4n) is 1.44. The Balaban J connectivity index is 2.73. The Morgan fingerprint density at radius 1 is 1.33 bits per heavy atom. The second-order valence-corrected chi connectivity index (χ2v) is 4.03. The van der Waals surface area contributed by atoms with Crippen LogP contribution in [0, 0.1) is 0 Å². The number of rotatable bonds is 7. The monoisotopic (exact) mass is 272 g/mol. The summed E-state index contributed by atoms with van der Waals surface area (Å²) < 4.78 is 9.98. The molecular formula is C12H17ClN2O3. The van der Waals surface area contributed by atoms with Gasteiger partial charge in [0.1, 0.15) is 5.15 Å². The summed E-state index contributed by atoms with van der Waals surface area (Å²) in [5.41, 5.74) is 0.516. The van der Waals surface area contributed by atoms with Gasteiger partial charge in [0.05, 0.1) is 13.2 Å². The Bertz CT molecular complexity index is 379. The normalized spacial score (nSPS) is 10.4. The van der Waals surface area contributed by atoms with Crippen LogP contribution in [0.2, 0.25) is 5.15 Å². The highest BCUT2D eigenvalue weighted by Gasteiger charge is 2.15. The van der Waals surface area contributed by atoms with E-state index in [4.69, 9.17) is 21.1 Å². The molecule has 0 spiro atoms. The van der Waals surface area contributed by atoms with Crippen LogP contribution in [-0.4, -0.2) is 56.3 Å². The van der Waals surface area contributed by atoms with E-state index in [1.165, 1.54) is 6.20 Å². The molecular weight excluding hydrogens is 256 g/mol. The molecule has 0 aromatic carbocycles. The van der Waals surface area contributed by atoms with Gasteiger partial charge in [-0.25, -0.2) is 4.98 Å². The van der Waals surface area contributed by atoms with Gasteiger partial charge in [-0.15, -0.1) is 0 Å². The minimum Gasteiger partial charge on any atom is -0.383 e. The number of carbonyl (C=O) groups excluding carboxylic acids is 1. The van der Waals surface area contributed by atoms with E-state index in [0.717, 1.165) is 0 Å². The van der Waals surface area contributed by atoms with E-state index in [-0.39, 0.29) is 5.91 Å². The molecule has 0 saturated heterocycles. The van der Waals surface area contributed by atoms with Crippen molar-refractivity contribution in [3.63, 3.8) is 0 Å². The standard InChI is InChI=1S/C12H17ClN2O3/c1-17-7-5-15(6-8-18-2)12(16)10-3-4-14-11(13)9-10/h3-4,9H,5-8H2,1-2H3. The first kappa shape index (κ1) is 14.9. The number of halogens is 1. The number of nitrogens with zero attached hydrogens (tertiary/aromatic N) is 2. The number of methoxy groups -OCH3 is 2. The largest absolute Gasteiger partial charge is 0.383 e. The van der Waals surface area contributed by atoms with Crippen molar-refractivity contribution in [2.75, 3.05) is 40.5 Å². The van der Waals surface area contributed by atoms with Gasteiger partial charge in [0.25, 0.3) is 5.91 Å². The molecule has 18 heavy (non-hydrogen) atoms. The zero-order valence-corrected chi connectivity index (χ0v) is 11.3. The smallest absolute Gasteiger partial charge is 0.254 e. The molecule has 1 heterocycles. The second-order valence-electron chi connectivity index (χ2n) is 3.65. The summed E-state index contributed by atoms with van der Waals surface area (Å²) >= 11 is 5.77. The lowest BCUT2D eigenvalue weighted by atomic mass is 10.2.